The first-order chi connectivity index (χ1) is 9.81. The molecule has 3 rings (SSSR count). The van der Waals surface area contributed by atoms with Gasteiger partial charge in [0.15, 0.2) is 0 Å². The molecule has 0 unspecified atom stereocenters. The summed E-state index contributed by atoms with van der Waals surface area (Å²) < 4.78 is 2.03. The van der Waals surface area contributed by atoms with E-state index in [1.165, 1.54) is 37.8 Å². The lowest BCUT2D eigenvalue weighted by atomic mass is 10.0. The summed E-state index contributed by atoms with van der Waals surface area (Å²) in [5.41, 5.74) is 3.14. The van der Waals surface area contributed by atoms with Gasteiger partial charge in [0.25, 0.3) is 0 Å². The highest BCUT2D eigenvalue weighted by Crippen LogP contribution is 2.48. The van der Waals surface area contributed by atoms with Crippen molar-refractivity contribution in [2.24, 2.45) is 5.41 Å². The largest absolute Gasteiger partial charge is 0.312 e. The fraction of sp³-hybridized carbons (Fsp3) is 0.471. The van der Waals surface area contributed by atoms with Gasteiger partial charge in [0, 0.05) is 31.2 Å². The third kappa shape index (κ3) is 3.10. The molecule has 0 aliphatic heterocycles. The topological polar surface area (TPSA) is 29.9 Å². The van der Waals surface area contributed by atoms with Crippen LogP contribution < -0.4 is 5.32 Å². The molecule has 1 aliphatic rings. The van der Waals surface area contributed by atoms with Crippen LogP contribution in [0.25, 0.3) is 5.69 Å². The van der Waals surface area contributed by atoms with Crippen molar-refractivity contribution >= 4 is 0 Å². The molecule has 0 bridgehead atoms. The van der Waals surface area contributed by atoms with E-state index in [9.17, 15) is 0 Å². The van der Waals surface area contributed by atoms with Crippen molar-refractivity contribution < 1.29 is 0 Å². The van der Waals surface area contributed by atoms with Crippen LogP contribution in [0, 0.1) is 5.41 Å². The Morgan fingerprint density at radius 1 is 1.25 bits per heavy atom. The molecule has 0 radical (unpaired) electrons. The van der Waals surface area contributed by atoms with E-state index >= 15 is 0 Å². The number of hydrogen-bond donors (Lipinski definition) is 1. The number of nitrogens with one attached hydrogen (secondary N) is 1. The van der Waals surface area contributed by atoms with Gasteiger partial charge >= 0.3 is 0 Å². The molecule has 3 nitrogen and oxygen atoms in total. The highest BCUT2D eigenvalue weighted by Gasteiger charge is 2.40. The zero-order valence-corrected chi connectivity index (χ0v) is 12.2. The molecule has 3 heteroatoms. The first kappa shape index (κ1) is 13.4. The third-order valence-electron chi connectivity index (χ3n) is 4.31. The minimum absolute atomic E-state index is 0.630. The number of nitrogens with zero attached hydrogens (tertiary/aromatic N) is 2. The van der Waals surface area contributed by atoms with Gasteiger partial charge in [-0.25, -0.2) is 4.98 Å². The van der Waals surface area contributed by atoms with Gasteiger partial charge in [-0.2, -0.15) is 0 Å². The Kier molecular flexibility index (Phi) is 3.88. The van der Waals surface area contributed by atoms with Crippen molar-refractivity contribution in [1.82, 2.24) is 14.9 Å². The number of rotatable bonds is 7. The standard InChI is InChI=1S/C17H23N3/c1-2-7-17(8-9-17)13-19-12-15-3-5-16(6-4-15)20-11-10-18-14-20/h3-6,10-11,14,19H,2,7-9,12-13H2,1H3. The third-order valence-corrected chi connectivity index (χ3v) is 4.31. The minimum Gasteiger partial charge on any atom is -0.312 e. The molecule has 1 aromatic carbocycles. The fourth-order valence-electron chi connectivity index (χ4n) is 2.89. The summed E-state index contributed by atoms with van der Waals surface area (Å²) in [4.78, 5) is 4.07. The molecule has 2 aromatic rings. The Morgan fingerprint density at radius 2 is 2.05 bits per heavy atom. The number of imidazole rings is 1. The maximum Gasteiger partial charge on any atom is 0.0991 e. The van der Waals surface area contributed by atoms with Crippen LogP contribution in [0.15, 0.2) is 43.0 Å². The van der Waals surface area contributed by atoms with Gasteiger partial charge in [-0.05, 0) is 42.4 Å². The Labute approximate surface area is 121 Å². The molecule has 1 aliphatic carbocycles. The van der Waals surface area contributed by atoms with Crippen LogP contribution in [0.4, 0.5) is 0 Å². The van der Waals surface area contributed by atoms with Gasteiger partial charge in [0.1, 0.15) is 0 Å². The van der Waals surface area contributed by atoms with E-state index < -0.39 is 0 Å². The van der Waals surface area contributed by atoms with E-state index in [1.807, 2.05) is 17.1 Å². The summed E-state index contributed by atoms with van der Waals surface area (Å²) >= 11 is 0. The molecule has 0 atom stereocenters. The van der Waals surface area contributed by atoms with Crippen LogP contribution in [-0.2, 0) is 6.54 Å². The van der Waals surface area contributed by atoms with Gasteiger partial charge < -0.3 is 9.88 Å². The lowest BCUT2D eigenvalue weighted by Gasteiger charge is -2.15. The average molecular weight is 269 g/mol. The van der Waals surface area contributed by atoms with Crippen LogP contribution in [0.3, 0.4) is 0 Å². The van der Waals surface area contributed by atoms with Gasteiger partial charge in [0.2, 0.25) is 0 Å². The Morgan fingerprint density at radius 3 is 2.65 bits per heavy atom. The predicted molar refractivity (Wildman–Crippen MR) is 81.8 cm³/mol. The first-order valence-corrected chi connectivity index (χ1v) is 7.59. The second-order valence-electron chi connectivity index (χ2n) is 5.99. The summed E-state index contributed by atoms with van der Waals surface area (Å²) in [7, 11) is 0. The second kappa shape index (κ2) is 5.80. The van der Waals surface area contributed by atoms with Crippen molar-refractivity contribution in [3.05, 3.63) is 48.5 Å². The monoisotopic (exact) mass is 269 g/mol. The van der Waals surface area contributed by atoms with Crippen molar-refractivity contribution in [2.45, 2.75) is 39.2 Å². The molecule has 1 aromatic heterocycles. The van der Waals surface area contributed by atoms with Gasteiger partial charge in [0.05, 0.1) is 6.33 Å². The van der Waals surface area contributed by atoms with E-state index in [0.29, 0.717) is 5.41 Å². The molecular weight excluding hydrogens is 246 g/mol. The second-order valence-corrected chi connectivity index (χ2v) is 5.99. The molecule has 0 amide bonds. The molecular formula is C17H23N3. The maximum atomic E-state index is 4.07. The lowest BCUT2D eigenvalue weighted by molar-refractivity contribution is 0.421. The number of aromatic nitrogens is 2. The Bertz CT molecular complexity index is 524. The smallest absolute Gasteiger partial charge is 0.0991 e. The van der Waals surface area contributed by atoms with Crippen LogP contribution >= 0.6 is 0 Å². The fourth-order valence-corrected chi connectivity index (χ4v) is 2.89. The maximum absolute atomic E-state index is 4.07. The molecule has 1 heterocycles. The van der Waals surface area contributed by atoms with Crippen molar-refractivity contribution in [2.75, 3.05) is 6.54 Å². The van der Waals surface area contributed by atoms with E-state index in [4.69, 9.17) is 0 Å². The number of benzene rings is 1. The van der Waals surface area contributed by atoms with E-state index in [-0.39, 0.29) is 0 Å². The molecule has 1 N–H and O–H groups in total. The molecule has 0 spiro atoms. The van der Waals surface area contributed by atoms with Crippen molar-refractivity contribution in [3.63, 3.8) is 0 Å². The SMILES string of the molecule is CCCC1(CNCc2ccc(-n3ccnc3)cc2)CC1. The quantitative estimate of drug-likeness (QED) is 0.833. The Balaban J connectivity index is 1.51. The molecule has 0 saturated heterocycles. The van der Waals surface area contributed by atoms with Gasteiger partial charge in [-0.1, -0.05) is 25.5 Å². The van der Waals surface area contributed by atoms with Crippen LogP contribution in [0.1, 0.15) is 38.2 Å². The van der Waals surface area contributed by atoms with Gasteiger partial charge in [-0.3, -0.25) is 0 Å². The summed E-state index contributed by atoms with van der Waals surface area (Å²) in [6, 6.07) is 8.69. The van der Waals surface area contributed by atoms with Crippen LogP contribution in [-0.4, -0.2) is 16.1 Å². The zero-order chi connectivity index (χ0) is 13.8. The molecule has 20 heavy (non-hydrogen) atoms. The highest BCUT2D eigenvalue weighted by molar-refractivity contribution is 5.34. The van der Waals surface area contributed by atoms with Crippen molar-refractivity contribution in [3.8, 4) is 5.69 Å². The number of hydrogen-bond acceptors (Lipinski definition) is 2. The Hall–Kier alpha value is -1.61. The molecule has 1 fully saturated rings. The minimum atomic E-state index is 0.630. The summed E-state index contributed by atoms with van der Waals surface area (Å²) in [5, 5.41) is 3.62. The zero-order valence-electron chi connectivity index (χ0n) is 12.2. The lowest BCUT2D eigenvalue weighted by Crippen LogP contribution is -2.23. The summed E-state index contributed by atoms with van der Waals surface area (Å²) in [5.74, 6) is 0. The van der Waals surface area contributed by atoms with Crippen LogP contribution in [0.5, 0.6) is 0 Å². The predicted octanol–water partition coefficient (Wildman–Crippen LogP) is 3.54. The molecule has 106 valence electrons. The average Bonchev–Trinajstić information content (AvgIpc) is 3.02. The van der Waals surface area contributed by atoms with E-state index in [1.54, 1.807) is 6.20 Å². The van der Waals surface area contributed by atoms with Crippen LogP contribution in [0.2, 0.25) is 0 Å². The van der Waals surface area contributed by atoms with Crippen molar-refractivity contribution in [1.29, 1.82) is 0 Å². The van der Waals surface area contributed by atoms with Gasteiger partial charge in [-0.15, -0.1) is 0 Å². The first-order valence-electron chi connectivity index (χ1n) is 7.59. The van der Waals surface area contributed by atoms with E-state index in [0.717, 1.165) is 12.2 Å². The van der Waals surface area contributed by atoms with E-state index in [2.05, 4.69) is 41.5 Å². The normalized spacial score (nSPS) is 16.2. The summed E-state index contributed by atoms with van der Waals surface area (Å²) in [6.45, 7) is 4.43. The summed E-state index contributed by atoms with van der Waals surface area (Å²) in [6.07, 6.45) is 11.1. The highest BCUT2D eigenvalue weighted by atomic mass is 15.0. The molecule has 1 saturated carbocycles.